The Balaban J connectivity index is 3.17. The number of carboxylic acid groups (broad SMARTS) is 1. The van der Waals surface area contributed by atoms with Crippen molar-refractivity contribution in [1.29, 1.82) is 0 Å². The van der Waals surface area contributed by atoms with Crippen LogP contribution in [0, 0.1) is 0 Å². The highest BCUT2D eigenvalue weighted by atomic mass is 32.2. The van der Waals surface area contributed by atoms with Gasteiger partial charge in [-0.25, -0.2) is 8.42 Å². The van der Waals surface area contributed by atoms with Crippen LogP contribution in [0.2, 0.25) is 0 Å². The number of sulfonamides is 1. The smallest absolute Gasteiger partial charge is 0.231 e. The first-order chi connectivity index (χ1) is 6.82. The molecule has 0 bridgehead atoms. The molecule has 0 aromatic carbocycles. The fourth-order valence-electron chi connectivity index (χ4n) is 0.918. The van der Waals surface area contributed by atoms with E-state index in [4.69, 9.17) is 0 Å². The van der Waals surface area contributed by atoms with Gasteiger partial charge in [0.1, 0.15) is 0 Å². The second kappa shape index (κ2) is 3.85. The van der Waals surface area contributed by atoms with Crippen molar-refractivity contribution in [2.75, 3.05) is 17.6 Å². The number of rotatable bonds is 3. The first kappa shape index (κ1) is 11.4. The number of pyridine rings is 1. The van der Waals surface area contributed by atoms with E-state index >= 15 is 0 Å². The van der Waals surface area contributed by atoms with E-state index in [1.165, 1.54) is 19.3 Å². The Morgan fingerprint density at radius 2 is 2.13 bits per heavy atom. The topological polar surface area (TPSA) is 90.4 Å². The predicted molar refractivity (Wildman–Crippen MR) is 51.8 cm³/mol. The highest BCUT2D eigenvalue weighted by Crippen LogP contribution is 2.14. The lowest BCUT2D eigenvalue weighted by Crippen LogP contribution is -2.27. The van der Waals surface area contributed by atoms with E-state index in [-0.39, 0.29) is 11.4 Å². The van der Waals surface area contributed by atoms with Gasteiger partial charge < -0.3 is 9.90 Å². The van der Waals surface area contributed by atoms with Crippen LogP contribution in [0.1, 0.15) is 10.5 Å². The first-order valence-electron chi connectivity index (χ1n) is 3.93. The minimum Gasteiger partial charge on any atom is -0.543 e. The molecule has 0 N–H and O–H groups in total. The van der Waals surface area contributed by atoms with Gasteiger partial charge in [0.2, 0.25) is 10.0 Å². The van der Waals surface area contributed by atoms with Crippen molar-refractivity contribution in [3.63, 3.8) is 0 Å². The summed E-state index contributed by atoms with van der Waals surface area (Å²) in [6.45, 7) is 0. The number of carboxylic acids is 1. The van der Waals surface area contributed by atoms with Gasteiger partial charge in [-0.2, -0.15) is 0 Å². The lowest BCUT2D eigenvalue weighted by molar-refractivity contribution is -0.255. The van der Waals surface area contributed by atoms with E-state index in [1.807, 2.05) is 0 Å². The number of carbonyl (C=O) groups is 1. The highest BCUT2D eigenvalue weighted by Gasteiger charge is 2.12. The van der Waals surface area contributed by atoms with Gasteiger partial charge in [0.05, 0.1) is 23.6 Å². The lowest BCUT2D eigenvalue weighted by atomic mass is 10.3. The van der Waals surface area contributed by atoms with Crippen molar-refractivity contribution in [1.82, 2.24) is 4.98 Å². The molecule has 1 aromatic rings. The Morgan fingerprint density at radius 1 is 1.53 bits per heavy atom. The average Bonchev–Trinajstić information content (AvgIpc) is 2.15. The van der Waals surface area contributed by atoms with E-state index in [9.17, 15) is 18.3 Å². The van der Waals surface area contributed by atoms with E-state index in [0.29, 0.717) is 0 Å². The molecule has 6 nitrogen and oxygen atoms in total. The molecule has 82 valence electrons. The standard InChI is InChI=1S/C8H10N2O4S/c1-10(15(2,13)14)6-3-4-9-7(5-6)8(11)12/h3-5H,1-2H3,(H,11,12)/p-1. The number of aromatic nitrogens is 1. The highest BCUT2D eigenvalue weighted by molar-refractivity contribution is 7.92. The predicted octanol–water partition coefficient (Wildman–Crippen LogP) is -1.16. The van der Waals surface area contributed by atoms with E-state index in [0.717, 1.165) is 16.6 Å². The van der Waals surface area contributed by atoms with Gasteiger partial charge >= 0.3 is 0 Å². The minimum atomic E-state index is -3.41. The fraction of sp³-hybridized carbons (Fsp3) is 0.250. The summed E-state index contributed by atoms with van der Waals surface area (Å²) in [6.07, 6.45) is 2.23. The van der Waals surface area contributed by atoms with Crippen molar-refractivity contribution in [2.24, 2.45) is 0 Å². The van der Waals surface area contributed by atoms with Crippen molar-refractivity contribution in [3.05, 3.63) is 24.0 Å². The third-order valence-electron chi connectivity index (χ3n) is 1.81. The maximum Gasteiger partial charge on any atom is 0.231 e. The molecule has 1 aromatic heterocycles. The number of anilines is 1. The molecule has 0 aliphatic rings. The molecule has 7 heteroatoms. The number of aromatic carboxylic acids is 1. The molecule has 0 fully saturated rings. The van der Waals surface area contributed by atoms with Crippen molar-refractivity contribution < 1.29 is 18.3 Å². The molecule has 0 aliphatic heterocycles. The summed E-state index contributed by atoms with van der Waals surface area (Å²) in [4.78, 5) is 14.0. The molecule has 0 aliphatic carbocycles. The Kier molecular flexibility index (Phi) is 2.94. The first-order valence-corrected chi connectivity index (χ1v) is 5.78. The zero-order chi connectivity index (χ0) is 11.6. The summed E-state index contributed by atoms with van der Waals surface area (Å²) < 4.78 is 23.3. The largest absolute Gasteiger partial charge is 0.543 e. The molecule has 15 heavy (non-hydrogen) atoms. The molecule has 0 radical (unpaired) electrons. The molecule has 0 saturated carbocycles. The molecule has 0 amide bonds. The van der Waals surface area contributed by atoms with Gasteiger partial charge in [-0.15, -0.1) is 0 Å². The monoisotopic (exact) mass is 229 g/mol. The zero-order valence-electron chi connectivity index (χ0n) is 8.17. The number of hydrogen-bond donors (Lipinski definition) is 0. The van der Waals surface area contributed by atoms with Gasteiger partial charge in [-0.05, 0) is 12.1 Å². The Hall–Kier alpha value is -1.63. The number of hydrogen-bond acceptors (Lipinski definition) is 5. The zero-order valence-corrected chi connectivity index (χ0v) is 8.98. The van der Waals surface area contributed by atoms with Gasteiger partial charge in [0, 0.05) is 13.2 Å². The molecule has 0 spiro atoms. The van der Waals surface area contributed by atoms with Crippen molar-refractivity contribution in [2.45, 2.75) is 0 Å². The third kappa shape index (κ3) is 2.66. The average molecular weight is 229 g/mol. The molecule has 0 unspecified atom stereocenters. The van der Waals surface area contributed by atoms with Gasteiger partial charge in [-0.1, -0.05) is 0 Å². The van der Waals surface area contributed by atoms with Crippen LogP contribution in [0.5, 0.6) is 0 Å². The molecule has 1 heterocycles. The van der Waals surface area contributed by atoms with E-state index < -0.39 is 16.0 Å². The maximum absolute atomic E-state index is 11.2. The van der Waals surface area contributed by atoms with Crippen LogP contribution in [0.3, 0.4) is 0 Å². The van der Waals surface area contributed by atoms with Gasteiger partial charge in [0.25, 0.3) is 0 Å². The van der Waals surface area contributed by atoms with E-state index in [1.54, 1.807) is 0 Å². The van der Waals surface area contributed by atoms with Crippen LogP contribution in [-0.2, 0) is 10.0 Å². The quantitative estimate of drug-likeness (QED) is 0.652. The Labute approximate surface area is 87.2 Å². The Bertz CT molecular complexity index is 483. The summed E-state index contributed by atoms with van der Waals surface area (Å²) in [5, 5.41) is 10.5. The molecule has 1 rings (SSSR count). The fourth-order valence-corrected chi connectivity index (χ4v) is 1.41. The van der Waals surface area contributed by atoms with Crippen molar-refractivity contribution in [3.8, 4) is 0 Å². The molecular formula is C8H9N2O4S-. The maximum atomic E-state index is 11.2. The van der Waals surface area contributed by atoms with Gasteiger partial charge in [0.15, 0.2) is 0 Å². The van der Waals surface area contributed by atoms with Crippen LogP contribution in [-0.4, -0.2) is 32.7 Å². The normalized spacial score (nSPS) is 11.1. The van der Waals surface area contributed by atoms with Crippen LogP contribution < -0.4 is 9.41 Å². The van der Waals surface area contributed by atoms with E-state index in [2.05, 4.69) is 4.98 Å². The summed E-state index contributed by atoms with van der Waals surface area (Å²) >= 11 is 0. The third-order valence-corrected chi connectivity index (χ3v) is 3.02. The summed E-state index contributed by atoms with van der Waals surface area (Å²) in [5.74, 6) is -1.45. The summed E-state index contributed by atoms with van der Waals surface area (Å²) in [5.41, 5.74) is -0.0744. The SMILES string of the molecule is CN(c1ccnc(C(=O)[O-])c1)S(C)(=O)=O. The molecule has 0 atom stereocenters. The second-order valence-corrected chi connectivity index (χ2v) is 4.93. The molecular weight excluding hydrogens is 220 g/mol. The van der Waals surface area contributed by atoms with Crippen LogP contribution in [0.25, 0.3) is 0 Å². The second-order valence-electron chi connectivity index (χ2n) is 2.92. The van der Waals surface area contributed by atoms with Crippen LogP contribution >= 0.6 is 0 Å². The lowest BCUT2D eigenvalue weighted by Gasteiger charge is -2.16. The van der Waals surface area contributed by atoms with Gasteiger partial charge in [-0.3, -0.25) is 9.29 Å². The number of nitrogens with zero attached hydrogens (tertiary/aromatic N) is 2. The summed E-state index contributed by atoms with van der Waals surface area (Å²) in [6, 6.07) is 2.53. The molecule has 0 saturated heterocycles. The number of carbonyl (C=O) groups excluding carboxylic acids is 1. The summed E-state index contributed by atoms with van der Waals surface area (Å²) in [7, 11) is -2.08. The van der Waals surface area contributed by atoms with Crippen LogP contribution in [0.4, 0.5) is 5.69 Å². The Morgan fingerprint density at radius 3 is 2.60 bits per heavy atom. The van der Waals surface area contributed by atoms with Crippen LogP contribution in [0.15, 0.2) is 18.3 Å². The van der Waals surface area contributed by atoms with Crippen molar-refractivity contribution >= 4 is 21.7 Å². The minimum absolute atomic E-state index is 0.228.